The first-order valence-corrected chi connectivity index (χ1v) is 5.89. The minimum absolute atomic E-state index is 0.265. The molecule has 0 saturated carbocycles. The van der Waals surface area contributed by atoms with Crippen LogP contribution in [0.4, 0.5) is 5.82 Å². The second-order valence-electron chi connectivity index (χ2n) is 4.45. The van der Waals surface area contributed by atoms with E-state index in [9.17, 15) is 0 Å². The molecule has 0 bridgehead atoms. The van der Waals surface area contributed by atoms with Gasteiger partial charge in [-0.3, -0.25) is 4.90 Å². The minimum Gasteiger partial charge on any atom is -0.354 e. The van der Waals surface area contributed by atoms with E-state index in [0.29, 0.717) is 0 Å². The molecule has 2 heterocycles. The molecule has 0 amide bonds. The second kappa shape index (κ2) is 5.27. The third-order valence-corrected chi connectivity index (χ3v) is 2.89. The normalized spacial score (nSPS) is 19.8. The Morgan fingerprint density at radius 1 is 1.31 bits per heavy atom. The van der Waals surface area contributed by atoms with Crippen LogP contribution in [-0.2, 0) is 0 Å². The Kier molecular flexibility index (Phi) is 3.74. The van der Waals surface area contributed by atoms with Crippen molar-refractivity contribution in [3.8, 4) is 0 Å². The van der Waals surface area contributed by atoms with Crippen LogP contribution in [0.5, 0.6) is 0 Å². The maximum Gasteiger partial charge on any atom is 0.128 e. The van der Waals surface area contributed by atoms with Gasteiger partial charge in [0.2, 0.25) is 0 Å². The number of hydrogen-bond donors (Lipinski definition) is 1. The van der Waals surface area contributed by atoms with Crippen LogP contribution >= 0.6 is 0 Å². The van der Waals surface area contributed by atoms with Gasteiger partial charge in [0, 0.05) is 45.0 Å². The molecule has 4 heteroatoms. The highest BCUT2D eigenvalue weighted by Gasteiger charge is 2.17. The maximum absolute atomic E-state index is 5.80. The molecule has 0 aromatic carbocycles. The van der Waals surface area contributed by atoms with Gasteiger partial charge in [0.25, 0.3) is 0 Å². The number of anilines is 1. The van der Waals surface area contributed by atoms with E-state index in [4.69, 9.17) is 5.73 Å². The Hall–Kier alpha value is -1.13. The Bertz CT molecular complexity index is 304. The van der Waals surface area contributed by atoms with E-state index in [1.165, 1.54) is 0 Å². The van der Waals surface area contributed by atoms with Gasteiger partial charge < -0.3 is 10.6 Å². The van der Waals surface area contributed by atoms with Crippen LogP contribution in [0.2, 0.25) is 0 Å². The Labute approximate surface area is 97.1 Å². The molecule has 1 aromatic heterocycles. The average molecular weight is 220 g/mol. The first-order valence-electron chi connectivity index (χ1n) is 5.89. The molecule has 88 valence electrons. The quantitative estimate of drug-likeness (QED) is 0.808. The van der Waals surface area contributed by atoms with Gasteiger partial charge in [0.05, 0.1) is 0 Å². The molecule has 1 unspecified atom stereocenters. The smallest absolute Gasteiger partial charge is 0.128 e. The van der Waals surface area contributed by atoms with Crippen molar-refractivity contribution in [3.05, 3.63) is 24.4 Å². The number of rotatable bonds is 3. The molecule has 1 atom stereocenters. The van der Waals surface area contributed by atoms with Gasteiger partial charge in [-0.1, -0.05) is 6.07 Å². The summed E-state index contributed by atoms with van der Waals surface area (Å²) < 4.78 is 0. The van der Waals surface area contributed by atoms with Crippen LogP contribution in [0.25, 0.3) is 0 Å². The van der Waals surface area contributed by atoms with E-state index in [-0.39, 0.29) is 6.04 Å². The zero-order chi connectivity index (χ0) is 11.4. The summed E-state index contributed by atoms with van der Waals surface area (Å²) in [6, 6.07) is 6.33. The summed E-state index contributed by atoms with van der Waals surface area (Å²) in [6.07, 6.45) is 1.85. The molecule has 16 heavy (non-hydrogen) atoms. The molecule has 2 N–H and O–H groups in total. The third kappa shape index (κ3) is 2.93. The lowest BCUT2D eigenvalue weighted by atomic mass is 10.2. The predicted molar refractivity (Wildman–Crippen MR) is 66.5 cm³/mol. The van der Waals surface area contributed by atoms with Crippen molar-refractivity contribution < 1.29 is 0 Å². The van der Waals surface area contributed by atoms with Crippen molar-refractivity contribution in [3.63, 3.8) is 0 Å². The van der Waals surface area contributed by atoms with E-state index in [2.05, 4.69) is 27.8 Å². The summed E-state index contributed by atoms with van der Waals surface area (Å²) >= 11 is 0. The fourth-order valence-corrected chi connectivity index (χ4v) is 2.11. The van der Waals surface area contributed by atoms with Crippen molar-refractivity contribution in [2.75, 3.05) is 37.6 Å². The van der Waals surface area contributed by atoms with Gasteiger partial charge in [0.15, 0.2) is 0 Å². The van der Waals surface area contributed by atoms with Crippen molar-refractivity contribution in [1.82, 2.24) is 9.88 Å². The first kappa shape index (κ1) is 11.4. The lowest BCUT2D eigenvalue weighted by Crippen LogP contribution is -2.49. The van der Waals surface area contributed by atoms with E-state index in [0.717, 1.165) is 38.5 Å². The molecule has 1 saturated heterocycles. The van der Waals surface area contributed by atoms with E-state index in [1.54, 1.807) is 0 Å². The predicted octanol–water partition coefficient (Wildman–Crippen LogP) is 0.551. The van der Waals surface area contributed by atoms with E-state index < -0.39 is 0 Å². The molecule has 0 radical (unpaired) electrons. The maximum atomic E-state index is 5.80. The average Bonchev–Trinajstić information content (AvgIpc) is 2.30. The molecule has 1 aliphatic rings. The third-order valence-electron chi connectivity index (χ3n) is 2.89. The van der Waals surface area contributed by atoms with Gasteiger partial charge in [-0.25, -0.2) is 4.98 Å². The monoisotopic (exact) mass is 220 g/mol. The molecular formula is C12H20N4. The highest BCUT2D eigenvalue weighted by molar-refractivity contribution is 5.38. The highest BCUT2D eigenvalue weighted by atomic mass is 15.3. The minimum atomic E-state index is 0.265. The topological polar surface area (TPSA) is 45.4 Å². The lowest BCUT2D eigenvalue weighted by Gasteiger charge is -2.36. The zero-order valence-electron chi connectivity index (χ0n) is 9.84. The van der Waals surface area contributed by atoms with Crippen LogP contribution in [0, 0.1) is 0 Å². The molecule has 1 aromatic rings. The van der Waals surface area contributed by atoms with Gasteiger partial charge in [-0.2, -0.15) is 0 Å². The Morgan fingerprint density at radius 2 is 2.06 bits per heavy atom. The van der Waals surface area contributed by atoms with Crippen LogP contribution in [-0.4, -0.2) is 48.6 Å². The summed E-state index contributed by atoms with van der Waals surface area (Å²) in [4.78, 5) is 9.12. The highest BCUT2D eigenvalue weighted by Crippen LogP contribution is 2.12. The van der Waals surface area contributed by atoms with Crippen molar-refractivity contribution in [1.29, 1.82) is 0 Å². The first-order chi connectivity index (χ1) is 7.75. The van der Waals surface area contributed by atoms with E-state index >= 15 is 0 Å². The summed E-state index contributed by atoms with van der Waals surface area (Å²) in [5.74, 6) is 1.09. The second-order valence-corrected chi connectivity index (χ2v) is 4.45. The fraction of sp³-hybridized carbons (Fsp3) is 0.583. The summed E-state index contributed by atoms with van der Waals surface area (Å²) in [6.45, 7) is 7.31. The number of nitrogens with zero attached hydrogens (tertiary/aromatic N) is 3. The van der Waals surface area contributed by atoms with Gasteiger partial charge in [-0.05, 0) is 19.1 Å². The van der Waals surface area contributed by atoms with Crippen LogP contribution in [0.15, 0.2) is 24.4 Å². The molecule has 0 spiro atoms. The zero-order valence-corrected chi connectivity index (χ0v) is 9.84. The Morgan fingerprint density at radius 3 is 2.62 bits per heavy atom. The SMILES string of the molecule is CC(N)CN1CCN(c2ccccn2)CC1. The number of piperazine rings is 1. The molecule has 1 aliphatic heterocycles. The Balaban J connectivity index is 1.86. The summed E-state index contributed by atoms with van der Waals surface area (Å²) in [5, 5.41) is 0. The molecule has 2 rings (SSSR count). The van der Waals surface area contributed by atoms with Crippen molar-refractivity contribution in [2.45, 2.75) is 13.0 Å². The fourth-order valence-electron chi connectivity index (χ4n) is 2.11. The molecule has 4 nitrogen and oxygen atoms in total. The van der Waals surface area contributed by atoms with Crippen molar-refractivity contribution in [2.24, 2.45) is 5.73 Å². The van der Waals surface area contributed by atoms with Crippen molar-refractivity contribution >= 4 is 5.82 Å². The van der Waals surface area contributed by atoms with Gasteiger partial charge in [0.1, 0.15) is 5.82 Å². The molecule has 1 fully saturated rings. The number of aromatic nitrogens is 1. The summed E-state index contributed by atoms with van der Waals surface area (Å²) in [5.41, 5.74) is 5.80. The van der Waals surface area contributed by atoms with Crippen LogP contribution in [0.1, 0.15) is 6.92 Å². The number of hydrogen-bond acceptors (Lipinski definition) is 4. The van der Waals surface area contributed by atoms with Gasteiger partial charge >= 0.3 is 0 Å². The number of nitrogens with two attached hydrogens (primary N) is 1. The van der Waals surface area contributed by atoms with Crippen LogP contribution < -0.4 is 10.6 Å². The number of pyridine rings is 1. The standard InChI is InChI=1S/C12H20N4/c1-11(13)10-15-6-8-16(9-7-15)12-4-2-3-5-14-12/h2-5,11H,6-10,13H2,1H3. The van der Waals surface area contributed by atoms with E-state index in [1.807, 2.05) is 18.3 Å². The molecular weight excluding hydrogens is 200 g/mol. The summed E-state index contributed by atoms with van der Waals surface area (Å²) in [7, 11) is 0. The largest absolute Gasteiger partial charge is 0.354 e. The molecule has 0 aliphatic carbocycles. The van der Waals surface area contributed by atoms with Gasteiger partial charge in [-0.15, -0.1) is 0 Å². The van der Waals surface area contributed by atoms with Crippen LogP contribution in [0.3, 0.4) is 0 Å². The lowest BCUT2D eigenvalue weighted by molar-refractivity contribution is 0.246.